The van der Waals surface area contributed by atoms with Gasteiger partial charge in [-0.15, -0.1) is 0 Å². The average Bonchev–Trinajstić information content (AvgIpc) is 2.07. The van der Waals surface area contributed by atoms with Gasteiger partial charge in [0.2, 0.25) is 0 Å². The van der Waals surface area contributed by atoms with Crippen LogP contribution in [0.4, 0.5) is 10.5 Å². The third-order valence-corrected chi connectivity index (χ3v) is 1.56. The van der Waals surface area contributed by atoms with Gasteiger partial charge in [-0.2, -0.15) is 0 Å². The molecule has 1 aromatic rings. The first kappa shape index (κ1) is 8.67. The number of carbonyl (C=O) groups is 1. The van der Waals surface area contributed by atoms with Crippen LogP contribution in [0.1, 0.15) is 0 Å². The van der Waals surface area contributed by atoms with E-state index in [0.717, 1.165) is 10.4 Å². The van der Waals surface area contributed by atoms with Crippen molar-refractivity contribution < 1.29 is 9.90 Å². The van der Waals surface area contributed by atoms with Crippen LogP contribution in [-0.4, -0.2) is 16.7 Å². The molecular formula is C8H7NO2S. The molecule has 0 spiro atoms. The minimum Gasteiger partial charge on any atom is -0.464 e. The highest BCUT2D eigenvalue weighted by Crippen LogP contribution is 2.11. The van der Waals surface area contributed by atoms with E-state index in [2.05, 4.69) is 12.2 Å². The quantitative estimate of drug-likeness (QED) is 0.710. The van der Waals surface area contributed by atoms with Gasteiger partial charge in [0.15, 0.2) is 0 Å². The van der Waals surface area contributed by atoms with Gasteiger partial charge in [0, 0.05) is 0 Å². The van der Waals surface area contributed by atoms with Crippen LogP contribution in [0.15, 0.2) is 30.3 Å². The standard InChI is InChI=1S/C8H7NO2S/c10-8(11)9(6-12)7-4-2-1-3-5-7/h1-6H,(H,10,11). The van der Waals surface area contributed by atoms with Crippen LogP contribution < -0.4 is 4.90 Å². The first-order chi connectivity index (χ1) is 5.75. The van der Waals surface area contributed by atoms with Crippen LogP contribution in [-0.2, 0) is 0 Å². The molecule has 0 saturated heterocycles. The van der Waals surface area contributed by atoms with Gasteiger partial charge in [0.05, 0.1) is 11.2 Å². The largest absolute Gasteiger partial charge is 0.464 e. The summed E-state index contributed by atoms with van der Waals surface area (Å²) in [4.78, 5) is 11.5. The normalized spacial score (nSPS) is 9.00. The van der Waals surface area contributed by atoms with E-state index in [0.29, 0.717) is 5.69 Å². The Bertz CT molecular complexity index is 286. The number of rotatable bonds is 2. The van der Waals surface area contributed by atoms with Gasteiger partial charge in [-0.1, -0.05) is 30.4 Å². The highest BCUT2D eigenvalue weighted by molar-refractivity contribution is 7.79. The van der Waals surface area contributed by atoms with Gasteiger partial charge in [-0.05, 0) is 12.1 Å². The van der Waals surface area contributed by atoms with E-state index in [9.17, 15) is 4.79 Å². The molecule has 0 aliphatic carbocycles. The molecule has 0 aromatic heterocycles. The van der Waals surface area contributed by atoms with Crippen LogP contribution in [0.2, 0.25) is 0 Å². The second-order valence-electron chi connectivity index (χ2n) is 2.09. The minimum absolute atomic E-state index is 0.556. The summed E-state index contributed by atoms with van der Waals surface area (Å²) in [6, 6.07) is 8.68. The van der Waals surface area contributed by atoms with Crippen LogP contribution in [0.3, 0.4) is 0 Å². The fourth-order valence-electron chi connectivity index (χ4n) is 0.805. The zero-order chi connectivity index (χ0) is 8.97. The van der Waals surface area contributed by atoms with Crippen molar-refractivity contribution in [2.45, 2.75) is 0 Å². The number of anilines is 1. The van der Waals surface area contributed by atoms with Crippen molar-refractivity contribution in [1.82, 2.24) is 0 Å². The fraction of sp³-hybridized carbons (Fsp3) is 0. The third-order valence-electron chi connectivity index (χ3n) is 1.35. The first-order valence-corrected chi connectivity index (χ1v) is 3.75. The van der Waals surface area contributed by atoms with E-state index in [1.807, 2.05) is 6.07 Å². The maximum atomic E-state index is 10.6. The van der Waals surface area contributed by atoms with Crippen LogP contribution in [0.25, 0.3) is 0 Å². The van der Waals surface area contributed by atoms with Crippen LogP contribution >= 0.6 is 12.2 Å². The van der Waals surface area contributed by atoms with Crippen molar-refractivity contribution in [3.05, 3.63) is 30.3 Å². The number of nitrogens with zero attached hydrogens (tertiary/aromatic N) is 1. The van der Waals surface area contributed by atoms with Crippen molar-refractivity contribution in [3.8, 4) is 0 Å². The van der Waals surface area contributed by atoms with E-state index in [1.165, 1.54) is 0 Å². The number of hydrogen-bond acceptors (Lipinski definition) is 2. The summed E-state index contributed by atoms with van der Waals surface area (Å²) in [5, 5.41) is 8.65. The Kier molecular flexibility index (Phi) is 2.76. The minimum atomic E-state index is -1.07. The lowest BCUT2D eigenvalue weighted by Gasteiger charge is -2.11. The summed E-state index contributed by atoms with van der Waals surface area (Å²) in [6.07, 6.45) is -1.07. The third kappa shape index (κ3) is 1.79. The lowest BCUT2D eigenvalue weighted by atomic mass is 10.3. The van der Waals surface area contributed by atoms with Crippen molar-refractivity contribution in [2.75, 3.05) is 4.90 Å². The van der Waals surface area contributed by atoms with Gasteiger partial charge in [0.1, 0.15) is 0 Å². The zero-order valence-electron chi connectivity index (χ0n) is 6.18. The van der Waals surface area contributed by atoms with Crippen molar-refractivity contribution >= 4 is 29.5 Å². The number of benzene rings is 1. The van der Waals surface area contributed by atoms with Crippen LogP contribution in [0, 0.1) is 0 Å². The molecule has 1 amide bonds. The van der Waals surface area contributed by atoms with Gasteiger partial charge in [-0.3, -0.25) is 0 Å². The Morgan fingerprint density at radius 1 is 1.42 bits per heavy atom. The maximum Gasteiger partial charge on any atom is 0.416 e. The molecule has 0 radical (unpaired) electrons. The smallest absolute Gasteiger partial charge is 0.416 e. The first-order valence-electron chi connectivity index (χ1n) is 3.28. The fourth-order valence-corrected chi connectivity index (χ4v) is 1.02. The second kappa shape index (κ2) is 3.82. The molecule has 62 valence electrons. The van der Waals surface area contributed by atoms with Crippen molar-refractivity contribution in [2.24, 2.45) is 0 Å². The van der Waals surface area contributed by atoms with Gasteiger partial charge < -0.3 is 5.11 Å². The zero-order valence-corrected chi connectivity index (χ0v) is 6.99. The summed E-state index contributed by atoms with van der Waals surface area (Å²) >= 11 is 4.55. The molecule has 0 aliphatic heterocycles. The number of para-hydroxylation sites is 1. The molecule has 0 fully saturated rings. The van der Waals surface area contributed by atoms with Crippen LogP contribution in [0.5, 0.6) is 0 Å². The monoisotopic (exact) mass is 181 g/mol. The predicted octanol–water partition coefficient (Wildman–Crippen LogP) is 2.13. The predicted molar refractivity (Wildman–Crippen MR) is 50.6 cm³/mol. The maximum absolute atomic E-state index is 10.6. The summed E-state index contributed by atoms with van der Waals surface area (Å²) in [6.45, 7) is 0. The summed E-state index contributed by atoms with van der Waals surface area (Å²) in [5.74, 6) is 0. The van der Waals surface area contributed by atoms with Crippen molar-refractivity contribution in [1.29, 1.82) is 0 Å². The molecular weight excluding hydrogens is 174 g/mol. The summed E-state index contributed by atoms with van der Waals surface area (Å²) < 4.78 is 0. The average molecular weight is 181 g/mol. The highest BCUT2D eigenvalue weighted by Gasteiger charge is 2.09. The molecule has 0 unspecified atom stereocenters. The Balaban J connectivity index is 2.95. The molecule has 1 rings (SSSR count). The SMILES string of the molecule is O=C(O)N(C=S)c1ccccc1. The summed E-state index contributed by atoms with van der Waals surface area (Å²) in [7, 11) is 0. The van der Waals surface area contributed by atoms with Crippen molar-refractivity contribution in [3.63, 3.8) is 0 Å². The second-order valence-corrected chi connectivity index (χ2v) is 2.30. The Morgan fingerprint density at radius 2 is 2.00 bits per heavy atom. The molecule has 0 saturated carbocycles. The molecule has 0 atom stereocenters. The van der Waals surface area contributed by atoms with Gasteiger partial charge >= 0.3 is 6.09 Å². The topological polar surface area (TPSA) is 40.5 Å². The highest BCUT2D eigenvalue weighted by atomic mass is 32.1. The summed E-state index contributed by atoms with van der Waals surface area (Å²) in [5.41, 5.74) is 1.65. The van der Waals surface area contributed by atoms with E-state index >= 15 is 0 Å². The molecule has 0 aliphatic rings. The number of thiocarbonyl (C=S) groups is 1. The van der Waals surface area contributed by atoms with Gasteiger partial charge in [0.25, 0.3) is 0 Å². The van der Waals surface area contributed by atoms with Gasteiger partial charge in [-0.25, -0.2) is 9.69 Å². The van der Waals surface area contributed by atoms with E-state index in [1.54, 1.807) is 24.3 Å². The molecule has 4 heteroatoms. The molecule has 0 heterocycles. The Morgan fingerprint density at radius 3 is 2.42 bits per heavy atom. The van der Waals surface area contributed by atoms with E-state index in [4.69, 9.17) is 5.11 Å². The van der Waals surface area contributed by atoms with E-state index in [-0.39, 0.29) is 0 Å². The number of carboxylic acid groups (broad SMARTS) is 1. The lowest BCUT2D eigenvalue weighted by molar-refractivity contribution is 0.206. The number of hydrogen-bond donors (Lipinski definition) is 1. The lowest BCUT2D eigenvalue weighted by Crippen LogP contribution is -2.26. The molecule has 0 bridgehead atoms. The number of amides is 1. The Hall–Kier alpha value is -1.42. The Labute approximate surface area is 75.2 Å². The molecule has 1 N–H and O–H groups in total. The van der Waals surface area contributed by atoms with E-state index < -0.39 is 6.09 Å². The molecule has 3 nitrogen and oxygen atoms in total. The molecule has 1 aromatic carbocycles. The molecule has 12 heavy (non-hydrogen) atoms.